The van der Waals surface area contributed by atoms with Gasteiger partial charge in [0.2, 0.25) is 11.8 Å². The number of hydrogen-bond donors (Lipinski definition) is 2. The fourth-order valence-electron chi connectivity index (χ4n) is 1.72. The largest absolute Gasteiger partial charge is 0.462 e. The number of hydrogen-bond acceptors (Lipinski definition) is 4. The molecule has 0 spiro atoms. The van der Waals surface area contributed by atoms with E-state index in [4.69, 9.17) is 4.74 Å². The third kappa shape index (κ3) is 6.81. The molecule has 0 aliphatic rings. The summed E-state index contributed by atoms with van der Waals surface area (Å²) in [4.78, 5) is 34.6. The van der Waals surface area contributed by atoms with Crippen molar-refractivity contribution in [3.8, 4) is 0 Å². The van der Waals surface area contributed by atoms with Gasteiger partial charge in [0.05, 0.1) is 17.0 Å². The van der Waals surface area contributed by atoms with Gasteiger partial charge in [0.1, 0.15) is 0 Å². The Kier molecular flexibility index (Phi) is 8.32. The molecule has 0 saturated heterocycles. The van der Waals surface area contributed by atoms with Gasteiger partial charge in [-0.15, -0.1) is 0 Å². The first-order valence-electron chi connectivity index (χ1n) is 7.46. The van der Waals surface area contributed by atoms with Gasteiger partial charge in [-0.05, 0) is 37.6 Å². The summed E-state index contributed by atoms with van der Waals surface area (Å²) in [5.41, 5.74) is 1.02. The molecule has 6 nitrogen and oxygen atoms in total. The fourth-order valence-corrected chi connectivity index (χ4v) is 1.88. The monoisotopic (exact) mass is 384 g/mol. The molecule has 126 valence electrons. The van der Waals surface area contributed by atoms with Crippen molar-refractivity contribution < 1.29 is 19.1 Å². The summed E-state index contributed by atoms with van der Waals surface area (Å²) in [5.74, 6) is -0.732. The molecule has 0 saturated carbocycles. The summed E-state index contributed by atoms with van der Waals surface area (Å²) in [6.07, 6.45) is 0.861. The molecule has 0 unspecified atom stereocenters. The van der Waals surface area contributed by atoms with Gasteiger partial charge in [0, 0.05) is 18.7 Å². The molecule has 0 aliphatic heterocycles. The number of alkyl halides is 1. The fraction of sp³-hybridized carbons (Fsp3) is 0.438. The number of benzene rings is 1. The minimum Gasteiger partial charge on any atom is -0.462 e. The van der Waals surface area contributed by atoms with Crippen molar-refractivity contribution in [2.75, 3.05) is 18.5 Å². The first-order chi connectivity index (χ1) is 11.0. The first-order valence-corrected chi connectivity index (χ1v) is 8.38. The van der Waals surface area contributed by atoms with Gasteiger partial charge in [-0.1, -0.05) is 22.9 Å². The van der Waals surface area contributed by atoms with Crippen molar-refractivity contribution in [2.24, 2.45) is 0 Å². The zero-order valence-electron chi connectivity index (χ0n) is 13.2. The second kappa shape index (κ2) is 9.99. The van der Waals surface area contributed by atoms with Crippen LogP contribution in [0.2, 0.25) is 0 Å². The number of rotatable bonds is 8. The molecular weight excluding hydrogens is 364 g/mol. The summed E-state index contributed by atoms with van der Waals surface area (Å²) in [7, 11) is 0. The Morgan fingerprint density at radius 1 is 1.17 bits per heavy atom. The molecule has 0 aliphatic carbocycles. The lowest BCUT2D eigenvalue weighted by Gasteiger charge is -2.09. The van der Waals surface area contributed by atoms with Gasteiger partial charge in [-0.25, -0.2) is 4.79 Å². The lowest BCUT2D eigenvalue weighted by molar-refractivity contribution is -0.120. The Hall–Kier alpha value is -1.89. The number of carbonyl (C=O) groups is 3. The number of anilines is 1. The normalized spacial score (nSPS) is 11.4. The predicted molar refractivity (Wildman–Crippen MR) is 91.7 cm³/mol. The van der Waals surface area contributed by atoms with Crippen molar-refractivity contribution in [1.29, 1.82) is 0 Å². The van der Waals surface area contributed by atoms with Crippen LogP contribution >= 0.6 is 15.9 Å². The second-order valence-electron chi connectivity index (χ2n) is 4.76. The molecule has 0 radical (unpaired) electrons. The summed E-state index contributed by atoms with van der Waals surface area (Å²) in [6.45, 7) is 4.22. The molecule has 23 heavy (non-hydrogen) atoms. The van der Waals surface area contributed by atoms with E-state index in [1.165, 1.54) is 0 Å². The van der Waals surface area contributed by atoms with E-state index >= 15 is 0 Å². The maximum absolute atomic E-state index is 11.8. The van der Waals surface area contributed by atoms with Crippen LogP contribution in [0.3, 0.4) is 0 Å². The van der Waals surface area contributed by atoms with E-state index in [2.05, 4.69) is 26.6 Å². The average Bonchev–Trinajstić information content (AvgIpc) is 2.54. The van der Waals surface area contributed by atoms with Gasteiger partial charge in [-0.3, -0.25) is 9.59 Å². The SMILES string of the molecule is CCOC(=O)c1ccc(NC(=O)CCNC(=O)[C@@H](Br)CC)cc1. The molecule has 1 atom stereocenters. The van der Waals surface area contributed by atoms with Crippen molar-refractivity contribution >= 4 is 39.4 Å². The smallest absolute Gasteiger partial charge is 0.338 e. The van der Waals surface area contributed by atoms with Crippen LogP contribution < -0.4 is 10.6 Å². The molecule has 1 rings (SSSR count). The molecule has 2 N–H and O–H groups in total. The third-order valence-corrected chi connectivity index (χ3v) is 4.04. The second-order valence-corrected chi connectivity index (χ2v) is 5.87. The molecular formula is C16H21BrN2O4. The maximum atomic E-state index is 11.8. The molecule has 2 amide bonds. The molecule has 7 heteroatoms. The highest BCUT2D eigenvalue weighted by Gasteiger charge is 2.12. The van der Waals surface area contributed by atoms with Gasteiger partial charge in [-0.2, -0.15) is 0 Å². The van der Waals surface area contributed by atoms with Crippen LogP contribution in [0.4, 0.5) is 5.69 Å². The average molecular weight is 385 g/mol. The maximum Gasteiger partial charge on any atom is 0.338 e. The van der Waals surface area contributed by atoms with Crippen LogP contribution in [0.1, 0.15) is 37.0 Å². The summed E-state index contributed by atoms with van der Waals surface area (Å²) in [6, 6.07) is 6.45. The van der Waals surface area contributed by atoms with Crippen molar-refractivity contribution in [3.05, 3.63) is 29.8 Å². The van der Waals surface area contributed by atoms with Crippen LogP contribution in [0.5, 0.6) is 0 Å². The number of esters is 1. The Labute approximate surface area is 144 Å². The van der Waals surface area contributed by atoms with Gasteiger partial charge in [0.15, 0.2) is 0 Å². The number of carbonyl (C=O) groups excluding carboxylic acids is 3. The highest BCUT2D eigenvalue weighted by atomic mass is 79.9. The van der Waals surface area contributed by atoms with E-state index in [1.807, 2.05) is 6.92 Å². The third-order valence-electron chi connectivity index (χ3n) is 2.97. The molecule has 0 heterocycles. The van der Waals surface area contributed by atoms with Gasteiger partial charge >= 0.3 is 5.97 Å². The van der Waals surface area contributed by atoms with E-state index in [9.17, 15) is 14.4 Å². The lowest BCUT2D eigenvalue weighted by Crippen LogP contribution is -2.33. The van der Waals surface area contributed by atoms with Crippen LogP contribution in [0.25, 0.3) is 0 Å². The van der Waals surface area contributed by atoms with Crippen LogP contribution in [0, 0.1) is 0 Å². The Balaban J connectivity index is 2.40. The number of amides is 2. The van der Waals surface area contributed by atoms with Crippen LogP contribution in [-0.4, -0.2) is 35.8 Å². The zero-order chi connectivity index (χ0) is 17.2. The number of halogens is 1. The molecule has 0 fully saturated rings. The summed E-state index contributed by atoms with van der Waals surface area (Å²) < 4.78 is 4.88. The Morgan fingerprint density at radius 2 is 1.83 bits per heavy atom. The van der Waals surface area contributed by atoms with Crippen LogP contribution in [-0.2, 0) is 14.3 Å². The number of nitrogens with one attached hydrogen (secondary N) is 2. The molecule has 0 bridgehead atoms. The number of ether oxygens (including phenoxy) is 1. The first kappa shape index (κ1) is 19.2. The summed E-state index contributed by atoms with van der Waals surface area (Å²) in [5, 5.41) is 5.38. The van der Waals surface area contributed by atoms with Gasteiger partial charge in [0.25, 0.3) is 0 Å². The van der Waals surface area contributed by atoms with E-state index in [0.29, 0.717) is 24.3 Å². The Morgan fingerprint density at radius 3 is 2.39 bits per heavy atom. The minimum atomic E-state index is -0.395. The van der Waals surface area contributed by atoms with E-state index in [1.54, 1.807) is 31.2 Å². The lowest BCUT2D eigenvalue weighted by atomic mass is 10.2. The van der Waals surface area contributed by atoms with Crippen molar-refractivity contribution in [1.82, 2.24) is 5.32 Å². The predicted octanol–water partition coefficient (Wildman–Crippen LogP) is 2.48. The molecule has 1 aromatic rings. The topological polar surface area (TPSA) is 84.5 Å². The van der Waals surface area contributed by atoms with Gasteiger partial charge < -0.3 is 15.4 Å². The van der Waals surface area contributed by atoms with Crippen molar-refractivity contribution in [2.45, 2.75) is 31.5 Å². The Bertz CT molecular complexity index is 546. The van der Waals surface area contributed by atoms with Crippen LogP contribution in [0.15, 0.2) is 24.3 Å². The van der Waals surface area contributed by atoms with E-state index in [0.717, 1.165) is 0 Å². The molecule has 0 aromatic heterocycles. The van der Waals surface area contributed by atoms with E-state index < -0.39 is 5.97 Å². The summed E-state index contributed by atoms with van der Waals surface area (Å²) >= 11 is 3.24. The standard InChI is InChI=1S/C16H21BrN2O4/c1-3-13(17)15(21)18-10-9-14(20)19-12-7-5-11(6-8-12)16(22)23-4-2/h5-8,13H,3-4,9-10H2,1-2H3,(H,18,21)(H,19,20)/t13-/m0/s1. The van der Waals surface area contributed by atoms with Crippen molar-refractivity contribution in [3.63, 3.8) is 0 Å². The highest BCUT2D eigenvalue weighted by Crippen LogP contribution is 2.11. The minimum absolute atomic E-state index is 0.126. The quantitative estimate of drug-likeness (QED) is 0.532. The zero-order valence-corrected chi connectivity index (χ0v) is 14.8. The highest BCUT2D eigenvalue weighted by molar-refractivity contribution is 9.10. The molecule has 1 aromatic carbocycles. The van der Waals surface area contributed by atoms with E-state index in [-0.39, 0.29) is 29.6 Å².